The molecule has 1 aliphatic heterocycles. The highest BCUT2D eigenvalue weighted by atomic mass is 35.5. The first-order valence-electron chi connectivity index (χ1n) is 5.29. The number of hydrogen-bond acceptors (Lipinski definition) is 2. The Kier molecular flexibility index (Phi) is 4.10. The number of rotatable bonds is 2. The van der Waals surface area contributed by atoms with Gasteiger partial charge in [-0.25, -0.2) is 4.79 Å². The zero-order chi connectivity index (χ0) is 12.3. The molecule has 0 radical (unpaired) electrons. The number of anilines is 1. The van der Waals surface area contributed by atoms with Crippen molar-refractivity contribution in [3.8, 4) is 0 Å². The molecule has 1 aromatic rings. The summed E-state index contributed by atoms with van der Waals surface area (Å²) in [6, 6.07) is 4.56. The van der Waals surface area contributed by atoms with Crippen molar-refractivity contribution >= 4 is 34.9 Å². The van der Waals surface area contributed by atoms with Crippen molar-refractivity contribution in [1.82, 2.24) is 5.32 Å². The number of ether oxygens (including phenoxy) is 1. The van der Waals surface area contributed by atoms with Crippen LogP contribution >= 0.6 is 23.2 Å². The molecular formula is C11H12Cl2N2O2. The molecule has 1 unspecified atom stereocenters. The van der Waals surface area contributed by atoms with Crippen LogP contribution in [0.1, 0.15) is 12.8 Å². The molecule has 2 amide bonds. The lowest BCUT2D eigenvalue weighted by molar-refractivity contribution is 0.0928. The van der Waals surface area contributed by atoms with Gasteiger partial charge in [0.25, 0.3) is 0 Å². The minimum absolute atomic E-state index is 0.207. The smallest absolute Gasteiger partial charge is 0.321 e. The Balaban J connectivity index is 1.93. The van der Waals surface area contributed by atoms with Crippen molar-refractivity contribution in [3.05, 3.63) is 28.2 Å². The van der Waals surface area contributed by atoms with E-state index in [0.717, 1.165) is 12.8 Å². The van der Waals surface area contributed by atoms with Crippen molar-refractivity contribution < 1.29 is 9.53 Å². The van der Waals surface area contributed by atoms with Gasteiger partial charge >= 0.3 is 6.03 Å². The van der Waals surface area contributed by atoms with Gasteiger partial charge in [-0.2, -0.15) is 0 Å². The highest BCUT2D eigenvalue weighted by molar-refractivity contribution is 6.36. The summed E-state index contributed by atoms with van der Waals surface area (Å²) in [5.41, 5.74) is 0.520. The second kappa shape index (κ2) is 5.58. The monoisotopic (exact) mass is 274 g/mol. The van der Waals surface area contributed by atoms with Crippen LogP contribution < -0.4 is 10.6 Å². The van der Waals surface area contributed by atoms with Crippen molar-refractivity contribution in [1.29, 1.82) is 0 Å². The van der Waals surface area contributed by atoms with Gasteiger partial charge < -0.3 is 15.4 Å². The van der Waals surface area contributed by atoms with E-state index in [1.54, 1.807) is 18.2 Å². The number of carbonyl (C=O) groups excluding carboxylic acids is 1. The van der Waals surface area contributed by atoms with Crippen LogP contribution in [-0.4, -0.2) is 18.9 Å². The second-order valence-corrected chi connectivity index (χ2v) is 4.57. The van der Waals surface area contributed by atoms with Gasteiger partial charge in [0.2, 0.25) is 0 Å². The van der Waals surface area contributed by atoms with Crippen LogP contribution in [0.5, 0.6) is 0 Å². The van der Waals surface area contributed by atoms with E-state index >= 15 is 0 Å². The van der Waals surface area contributed by atoms with Crippen molar-refractivity contribution in [3.63, 3.8) is 0 Å². The topological polar surface area (TPSA) is 50.4 Å². The van der Waals surface area contributed by atoms with E-state index in [1.807, 2.05) is 0 Å². The molecule has 1 saturated heterocycles. The third kappa shape index (κ3) is 3.49. The first-order chi connectivity index (χ1) is 8.15. The summed E-state index contributed by atoms with van der Waals surface area (Å²) in [4.78, 5) is 11.6. The second-order valence-electron chi connectivity index (χ2n) is 3.72. The van der Waals surface area contributed by atoms with Gasteiger partial charge in [0.05, 0.1) is 10.7 Å². The van der Waals surface area contributed by atoms with Crippen LogP contribution in [0.3, 0.4) is 0 Å². The summed E-state index contributed by atoms with van der Waals surface area (Å²) in [6.07, 6.45) is 1.59. The predicted molar refractivity (Wildman–Crippen MR) is 67.6 cm³/mol. The average Bonchev–Trinajstić information content (AvgIpc) is 2.75. The van der Waals surface area contributed by atoms with Gasteiger partial charge in [0.1, 0.15) is 6.23 Å². The molecule has 6 heteroatoms. The van der Waals surface area contributed by atoms with Crippen LogP contribution in [0.25, 0.3) is 0 Å². The summed E-state index contributed by atoms with van der Waals surface area (Å²) >= 11 is 11.7. The SMILES string of the molecule is O=C(Nc1ccc(Cl)cc1Cl)NC1CCCO1. The van der Waals surface area contributed by atoms with E-state index in [4.69, 9.17) is 27.9 Å². The summed E-state index contributed by atoms with van der Waals surface area (Å²) < 4.78 is 5.28. The Morgan fingerprint density at radius 1 is 1.41 bits per heavy atom. The number of urea groups is 1. The molecule has 1 fully saturated rings. The molecule has 0 aliphatic carbocycles. The number of benzene rings is 1. The van der Waals surface area contributed by atoms with Gasteiger partial charge in [-0.05, 0) is 31.0 Å². The quantitative estimate of drug-likeness (QED) is 0.870. The Hall–Kier alpha value is -0.970. The number of nitrogens with one attached hydrogen (secondary N) is 2. The maximum Gasteiger partial charge on any atom is 0.321 e. The van der Waals surface area contributed by atoms with Crippen LogP contribution in [0.4, 0.5) is 10.5 Å². The van der Waals surface area contributed by atoms with Crippen LogP contribution in [0.2, 0.25) is 10.0 Å². The Bertz CT molecular complexity index is 420. The van der Waals surface area contributed by atoms with Crippen LogP contribution in [0.15, 0.2) is 18.2 Å². The molecule has 0 bridgehead atoms. The number of amides is 2. The number of hydrogen-bond donors (Lipinski definition) is 2. The molecule has 0 saturated carbocycles. The largest absolute Gasteiger partial charge is 0.358 e. The lowest BCUT2D eigenvalue weighted by Gasteiger charge is -2.13. The fourth-order valence-corrected chi connectivity index (χ4v) is 2.04. The highest BCUT2D eigenvalue weighted by Crippen LogP contribution is 2.25. The van der Waals surface area contributed by atoms with Crippen molar-refractivity contribution in [2.24, 2.45) is 0 Å². The maximum absolute atomic E-state index is 11.6. The minimum atomic E-state index is -0.332. The summed E-state index contributed by atoms with van der Waals surface area (Å²) in [7, 11) is 0. The molecule has 1 atom stereocenters. The van der Waals surface area contributed by atoms with Gasteiger partial charge in [0, 0.05) is 11.6 Å². The fraction of sp³-hybridized carbons (Fsp3) is 0.364. The fourth-order valence-electron chi connectivity index (χ4n) is 1.59. The first kappa shape index (κ1) is 12.5. The van der Waals surface area contributed by atoms with E-state index in [-0.39, 0.29) is 12.3 Å². The normalized spacial score (nSPS) is 19.1. The van der Waals surface area contributed by atoms with Crippen LogP contribution in [-0.2, 0) is 4.74 Å². The van der Waals surface area contributed by atoms with Crippen molar-refractivity contribution in [2.45, 2.75) is 19.1 Å². The molecule has 4 nitrogen and oxygen atoms in total. The predicted octanol–water partition coefficient (Wildman–Crippen LogP) is 3.25. The molecule has 2 N–H and O–H groups in total. The standard InChI is InChI=1S/C11H12Cl2N2O2/c12-7-3-4-9(8(13)6-7)14-11(16)15-10-2-1-5-17-10/h3-4,6,10H,1-2,5H2,(H2,14,15,16). The van der Waals surface area contributed by atoms with Gasteiger partial charge in [0.15, 0.2) is 0 Å². The molecule has 17 heavy (non-hydrogen) atoms. The summed E-state index contributed by atoms with van der Waals surface area (Å²) in [5, 5.41) is 6.28. The molecule has 0 spiro atoms. The number of carbonyl (C=O) groups is 1. The lowest BCUT2D eigenvalue weighted by atomic mass is 10.3. The van der Waals surface area contributed by atoms with Gasteiger partial charge in [-0.15, -0.1) is 0 Å². The zero-order valence-corrected chi connectivity index (χ0v) is 10.5. The Labute approximate surface area is 109 Å². The molecule has 1 heterocycles. The van der Waals surface area contributed by atoms with E-state index in [2.05, 4.69) is 10.6 Å². The Morgan fingerprint density at radius 2 is 2.24 bits per heavy atom. The summed E-state index contributed by atoms with van der Waals surface area (Å²) in [5.74, 6) is 0. The first-order valence-corrected chi connectivity index (χ1v) is 6.05. The summed E-state index contributed by atoms with van der Waals surface area (Å²) in [6.45, 7) is 0.687. The highest BCUT2D eigenvalue weighted by Gasteiger charge is 2.17. The molecule has 2 rings (SSSR count). The average molecular weight is 275 g/mol. The molecule has 92 valence electrons. The molecule has 0 aromatic heterocycles. The third-order valence-corrected chi connectivity index (χ3v) is 2.95. The van der Waals surface area contributed by atoms with Crippen LogP contribution in [0, 0.1) is 0 Å². The van der Waals surface area contributed by atoms with E-state index < -0.39 is 0 Å². The van der Waals surface area contributed by atoms with E-state index in [9.17, 15) is 4.79 Å². The third-order valence-electron chi connectivity index (χ3n) is 2.40. The van der Waals surface area contributed by atoms with E-state index in [1.165, 1.54) is 0 Å². The molecule has 1 aromatic carbocycles. The molecular weight excluding hydrogens is 263 g/mol. The lowest BCUT2D eigenvalue weighted by Crippen LogP contribution is -2.37. The minimum Gasteiger partial charge on any atom is -0.358 e. The van der Waals surface area contributed by atoms with Gasteiger partial charge in [-0.1, -0.05) is 23.2 Å². The zero-order valence-electron chi connectivity index (χ0n) is 9.00. The van der Waals surface area contributed by atoms with Gasteiger partial charge in [-0.3, -0.25) is 0 Å². The Morgan fingerprint density at radius 3 is 2.88 bits per heavy atom. The maximum atomic E-state index is 11.6. The van der Waals surface area contributed by atoms with Crippen molar-refractivity contribution in [2.75, 3.05) is 11.9 Å². The number of halogens is 2. The molecule has 1 aliphatic rings. The van der Waals surface area contributed by atoms with E-state index in [0.29, 0.717) is 22.3 Å².